The molecule has 5 unspecified atom stereocenters. The van der Waals surface area contributed by atoms with Crippen LogP contribution in [0, 0.1) is 5.92 Å². The molecule has 0 aromatic heterocycles. The predicted molar refractivity (Wildman–Crippen MR) is 128 cm³/mol. The Morgan fingerprint density at radius 2 is 1.64 bits per heavy atom. The lowest BCUT2D eigenvalue weighted by Crippen LogP contribution is -2.58. The van der Waals surface area contributed by atoms with Crippen molar-refractivity contribution in [3.05, 3.63) is 29.8 Å². The molecule has 1 fully saturated rings. The van der Waals surface area contributed by atoms with Gasteiger partial charge >= 0.3 is 11.9 Å². The van der Waals surface area contributed by atoms with Crippen LogP contribution in [-0.2, 0) is 30.4 Å². The normalized spacial score (nSPS) is 18.3. The van der Waals surface area contributed by atoms with Crippen molar-refractivity contribution in [2.75, 3.05) is 6.54 Å². The van der Waals surface area contributed by atoms with E-state index in [1.165, 1.54) is 24.3 Å². The van der Waals surface area contributed by atoms with E-state index in [-0.39, 0.29) is 12.2 Å². The molecule has 0 spiro atoms. The lowest BCUT2D eigenvalue weighted by molar-refractivity contribution is -0.144. The highest BCUT2D eigenvalue weighted by atomic mass is 16.4. The quantitative estimate of drug-likeness (QED) is 0.189. The molecule has 1 heterocycles. The van der Waals surface area contributed by atoms with Crippen molar-refractivity contribution in [3.63, 3.8) is 0 Å². The van der Waals surface area contributed by atoms with Gasteiger partial charge in [-0.3, -0.25) is 19.2 Å². The van der Waals surface area contributed by atoms with Gasteiger partial charge in [-0.1, -0.05) is 32.4 Å². The van der Waals surface area contributed by atoms with Gasteiger partial charge in [-0.05, 0) is 43.0 Å². The van der Waals surface area contributed by atoms with Crippen LogP contribution >= 0.6 is 0 Å². The van der Waals surface area contributed by atoms with Gasteiger partial charge in [0.2, 0.25) is 17.7 Å². The number of amides is 3. The SMILES string of the molecule is CCC(C)C(NC(=O)C(Cc1ccc(O)cc1)NC(=O)C(CC(=O)O)NC(=O)C1CCCN1)C(=O)O. The molecule has 12 heteroatoms. The summed E-state index contributed by atoms with van der Waals surface area (Å²) in [6.07, 6.45) is 1.02. The number of hydrogen-bond acceptors (Lipinski definition) is 7. The maximum absolute atomic E-state index is 13.1. The van der Waals surface area contributed by atoms with Gasteiger partial charge in [0.25, 0.3) is 0 Å². The zero-order valence-electron chi connectivity index (χ0n) is 20.3. The largest absolute Gasteiger partial charge is 0.508 e. The van der Waals surface area contributed by atoms with Crippen LogP contribution in [0.25, 0.3) is 0 Å². The van der Waals surface area contributed by atoms with E-state index in [9.17, 15) is 39.3 Å². The lowest BCUT2D eigenvalue weighted by atomic mass is 9.98. The Morgan fingerprint density at radius 3 is 2.17 bits per heavy atom. The molecule has 1 aromatic rings. The zero-order valence-corrected chi connectivity index (χ0v) is 20.3. The molecule has 198 valence electrons. The number of rotatable bonds is 13. The van der Waals surface area contributed by atoms with Crippen LogP contribution in [0.5, 0.6) is 5.75 Å². The highest BCUT2D eigenvalue weighted by molar-refractivity contribution is 5.95. The highest BCUT2D eigenvalue weighted by Gasteiger charge is 2.33. The fraction of sp³-hybridized carbons (Fsp3) is 0.542. The number of carbonyl (C=O) groups is 5. The summed E-state index contributed by atoms with van der Waals surface area (Å²) in [4.78, 5) is 61.7. The number of aliphatic carboxylic acids is 2. The number of phenolic OH excluding ortho intramolecular Hbond substituents is 1. The minimum Gasteiger partial charge on any atom is -0.508 e. The van der Waals surface area contributed by atoms with Crippen LogP contribution in [0.3, 0.4) is 0 Å². The van der Waals surface area contributed by atoms with Crippen molar-refractivity contribution < 1.29 is 39.3 Å². The number of carbonyl (C=O) groups excluding carboxylic acids is 3. The van der Waals surface area contributed by atoms with Gasteiger partial charge < -0.3 is 36.6 Å². The third-order valence-corrected chi connectivity index (χ3v) is 6.17. The minimum atomic E-state index is -1.45. The second-order valence-corrected chi connectivity index (χ2v) is 8.95. The Labute approximate surface area is 208 Å². The fourth-order valence-electron chi connectivity index (χ4n) is 3.85. The van der Waals surface area contributed by atoms with Crippen molar-refractivity contribution in [1.29, 1.82) is 0 Å². The first-order valence-electron chi connectivity index (χ1n) is 11.9. The minimum absolute atomic E-state index is 0.00347. The number of carboxylic acids is 2. The summed E-state index contributed by atoms with van der Waals surface area (Å²) in [6, 6.07) is 1.39. The molecule has 1 saturated heterocycles. The fourth-order valence-corrected chi connectivity index (χ4v) is 3.85. The summed E-state index contributed by atoms with van der Waals surface area (Å²) < 4.78 is 0. The molecule has 3 amide bonds. The Morgan fingerprint density at radius 1 is 1.00 bits per heavy atom. The monoisotopic (exact) mass is 506 g/mol. The molecule has 2 rings (SSSR count). The van der Waals surface area contributed by atoms with Crippen molar-refractivity contribution in [2.45, 2.75) is 70.1 Å². The number of nitrogens with one attached hydrogen (secondary N) is 4. The van der Waals surface area contributed by atoms with E-state index in [0.717, 1.165) is 6.42 Å². The number of hydrogen-bond donors (Lipinski definition) is 7. The van der Waals surface area contributed by atoms with Crippen LogP contribution in [0.15, 0.2) is 24.3 Å². The molecule has 0 bridgehead atoms. The Balaban J connectivity index is 2.24. The Hall–Kier alpha value is -3.67. The highest BCUT2D eigenvalue weighted by Crippen LogP contribution is 2.13. The first-order chi connectivity index (χ1) is 17.0. The van der Waals surface area contributed by atoms with Crippen molar-refractivity contribution in [3.8, 4) is 5.75 Å². The van der Waals surface area contributed by atoms with E-state index in [4.69, 9.17) is 0 Å². The summed E-state index contributed by atoms with van der Waals surface area (Å²) in [7, 11) is 0. The Kier molecular flexibility index (Phi) is 10.7. The molecule has 1 aliphatic rings. The lowest BCUT2D eigenvalue weighted by Gasteiger charge is -2.26. The van der Waals surface area contributed by atoms with E-state index in [1.807, 2.05) is 0 Å². The van der Waals surface area contributed by atoms with Gasteiger partial charge in [-0.15, -0.1) is 0 Å². The summed E-state index contributed by atoms with van der Waals surface area (Å²) in [5, 5.41) is 38.7. The van der Waals surface area contributed by atoms with Crippen LogP contribution in [0.4, 0.5) is 0 Å². The third kappa shape index (κ3) is 8.52. The second kappa shape index (κ2) is 13.4. The molecule has 0 aliphatic carbocycles. The standard InChI is InChI=1S/C24H34N4O8/c1-3-13(2)20(24(35)36)28-23(34)17(11-14-6-8-15(29)9-7-14)26-22(33)18(12-19(30)31)27-21(32)16-5-4-10-25-16/h6-9,13,16-18,20,25,29H,3-5,10-12H2,1-2H3,(H,26,33)(H,27,32)(H,28,34)(H,30,31)(H,35,36). The number of benzene rings is 1. The molecule has 36 heavy (non-hydrogen) atoms. The number of aromatic hydroxyl groups is 1. The topological polar surface area (TPSA) is 194 Å². The Bertz CT molecular complexity index is 946. The average Bonchev–Trinajstić information content (AvgIpc) is 3.37. The second-order valence-electron chi connectivity index (χ2n) is 8.95. The van der Waals surface area contributed by atoms with E-state index in [1.54, 1.807) is 13.8 Å². The van der Waals surface area contributed by atoms with Gasteiger partial charge in [0, 0.05) is 6.42 Å². The van der Waals surface area contributed by atoms with E-state index >= 15 is 0 Å². The molecule has 12 nitrogen and oxygen atoms in total. The van der Waals surface area contributed by atoms with Crippen LogP contribution in [0.1, 0.15) is 45.1 Å². The van der Waals surface area contributed by atoms with Crippen molar-refractivity contribution in [2.24, 2.45) is 5.92 Å². The van der Waals surface area contributed by atoms with Gasteiger partial charge in [-0.2, -0.15) is 0 Å². The zero-order chi connectivity index (χ0) is 26.8. The molecular formula is C24H34N4O8. The van der Waals surface area contributed by atoms with Gasteiger partial charge in [-0.25, -0.2) is 4.79 Å². The molecule has 0 radical (unpaired) electrons. The number of phenols is 1. The van der Waals surface area contributed by atoms with Gasteiger partial charge in [0.1, 0.15) is 23.9 Å². The van der Waals surface area contributed by atoms with E-state index < -0.39 is 66.2 Å². The first kappa shape index (κ1) is 28.6. The summed E-state index contributed by atoms with van der Waals surface area (Å²) in [6.45, 7) is 4.08. The van der Waals surface area contributed by atoms with Crippen molar-refractivity contribution >= 4 is 29.7 Å². The van der Waals surface area contributed by atoms with Crippen LogP contribution < -0.4 is 21.3 Å². The van der Waals surface area contributed by atoms with Crippen LogP contribution in [-0.4, -0.2) is 75.7 Å². The maximum Gasteiger partial charge on any atom is 0.326 e. The van der Waals surface area contributed by atoms with E-state index in [2.05, 4.69) is 21.3 Å². The van der Waals surface area contributed by atoms with E-state index in [0.29, 0.717) is 24.9 Å². The summed E-state index contributed by atoms with van der Waals surface area (Å²) in [5.74, 6) is -5.13. The molecule has 5 atom stereocenters. The summed E-state index contributed by atoms with van der Waals surface area (Å²) in [5.41, 5.74) is 0.553. The number of carboxylic acid groups (broad SMARTS) is 2. The smallest absolute Gasteiger partial charge is 0.326 e. The third-order valence-electron chi connectivity index (χ3n) is 6.17. The van der Waals surface area contributed by atoms with Crippen molar-refractivity contribution in [1.82, 2.24) is 21.3 Å². The summed E-state index contributed by atoms with van der Waals surface area (Å²) >= 11 is 0. The van der Waals surface area contributed by atoms with Crippen LogP contribution in [0.2, 0.25) is 0 Å². The molecule has 1 aliphatic heterocycles. The maximum atomic E-state index is 13.1. The first-order valence-corrected chi connectivity index (χ1v) is 11.9. The molecule has 0 saturated carbocycles. The van der Waals surface area contributed by atoms with Gasteiger partial charge in [0.15, 0.2) is 0 Å². The molecule has 1 aromatic carbocycles. The molecule has 7 N–H and O–H groups in total. The molecular weight excluding hydrogens is 472 g/mol. The average molecular weight is 507 g/mol. The van der Waals surface area contributed by atoms with Gasteiger partial charge in [0.05, 0.1) is 12.5 Å². The predicted octanol–water partition coefficient (Wildman–Crippen LogP) is -0.253.